The van der Waals surface area contributed by atoms with Crippen LogP contribution < -0.4 is 10.6 Å². The lowest BCUT2D eigenvalue weighted by Gasteiger charge is -2.14. The Balaban J connectivity index is 1.94. The van der Waals surface area contributed by atoms with Crippen LogP contribution in [0, 0.1) is 0 Å². The number of nitrogens with one attached hydrogen (secondary N) is 2. The first-order valence-electron chi connectivity index (χ1n) is 8.15. The number of aromatic nitrogens is 1. The lowest BCUT2D eigenvalue weighted by Crippen LogP contribution is -2.29. The van der Waals surface area contributed by atoms with Crippen molar-refractivity contribution in [2.75, 3.05) is 19.4 Å². The topological polar surface area (TPSA) is 87.5 Å². The maximum Gasteiger partial charge on any atom is 0.319 e. The minimum atomic E-state index is -0.368. The van der Waals surface area contributed by atoms with Crippen LogP contribution in [-0.4, -0.2) is 36.1 Å². The van der Waals surface area contributed by atoms with Crippen LogP contribution in [0.1, 0.15) is 36.8 Å². The van der Waals surface area contributed by atoms with Crippen LogP contribution >= 0.6 is 0 Å². The van der Waals surface area contributed by atoms with Gasteiger partial charge in [-0.05, 0) is 17.5 Å². The van der Waals surface area contributed by atoms with Crippen molar-refractivity contribution in [3.8, 4) is 0 Å². The molecule has 0 unspecified atom stereocenters. The smallest absolute Gasteiger partial charge is 0.319 e. The molecule has 2 aromatic rings. The molecule has 0 saturated heterocycles. The summed E-state index contributed by atoms with van der Waals surface area (Å²) in [6.45, 7) is 4.28. The summed E-state index contributed by atoms with van der Waals surface area (Å²) in [7, 11) is 3.40. The van der Waals surface area contributed by atoms with Gasteiger partial charge in [-0.3, -0.25) is 4.79 Å². The van der Waals surface area contributed by atoms with Gasteiger partial charge in [0.25, 0.3) is 0 Å². The Kier molecular flexibility index (Phi) is 6.16. The Morgan fingerprint density at radius 2 is 1.96 bits per heavy atom. The molecule has 0 saturated carbocycles. The summed E-state index contributed by atoms with van der Waals surface area (Å²) >= 11 is 0. The predicted molar refractivity (Wildman–Crippen MR) is 95.3 cm³/mol. The van der Waals surface area contributed by atoms with E-state index >= 15 is 0 Å². The van der Waals surface area contributed by atoms with Crippen LogP contribution in [0.5, 0.6) is 0 Å². The molecular weight excluding hydrogens is 320 g/mol. The average Bonchev–Trinajstić information content (AvgIpc) is 3.04. The Hall–Kier alpha value is -2.83. The fourth-order valence-corrected chi connectivity index (χ4v) is 2.14. The molecule has 0 aliphatic heterocycles. The number of amides is 3. The van der Waals surface area contributed by atoms with Gasteiger partial charge in [-0.15, -0.1) is 0 Å². The molecule has 7 heteroatoms. The highest BCUT2D eigenvalue weighted by Crippen LogP contribution is 2.17. The van der Waals surface area contributed by atoms with Gasteiger partial charge in [-0.25, -0.2) is 4.79 Å². The fraction of sp³-hybridized carbons (Fsp3) is 0.389. The number of nitrogens with zero attached hydrogens (tertiary/aromatic N) is 2. The molecule has 1 aromatic heterocycles. The molecule has 0 radical (unpaired) electrons. The molecular formula is C18H24N4O3. The Bertz CT molecular complexity index is 737. The molecule has 0 bridgehead atoms. The van der Waals surface area contributed by atoms with Crippen molar-refractivity contribution >= 4 is 17.6 Å². The van der Waals surface area contributed by atoms with Crippen molar-refractivity contribution in [2.45, 2.75) is 32.7 Å². The average molecular weight is 344 g/mol. The lowest BCUT2D eigenvalue weighted by atomic mass is 10.1. The first-order valence-corrected chi connectivity index (χ1v) is 8.15. The van der Waals surface area contributed by atoms with Gasteiger partial charge >= 0.3 is 6.03 Å². The van der Waals surface area contributed by atoms with Gasteiger partial charge < -0.3 is 20.1 Å². The number of anilines is 1. The van der Waals surface area contributed by atoms with Gasteiger partial charge in [-0.1, -0.05) is 37.2 Å². The number of urea groups is 1. The summed E-state index contributed by atoms with van der Waals surface area (Å²) in [5.41, 5.74) is 2.22. The lowest BCUT2D eigenvalue weighted by molar-refractivity contribution is -0.127. The number of hydrogen-bond acceptors (Lipinski definition) is 4. The third kappa shape index (κ3) is 5.34. The number of rotatable bonds is 6. The van der Waals surface area contributed by atoms with E-state index in [0.717, 1.165) is 11.3 Å². The molecule has 2 N–H and O–H groups in total. The largest absolute Gasteiger partial charge is 0.359 e. The number of likely N-dealkylation sites (N-methyl/N-ethyl adjacent to an activating group) is 1. The molecule has 0 aliphatic rings. The number of hydrogen-bond donors (Lipinski definition) is 2. The SMILES string of the molecule is CC(C)c1cc(CNC(=O)Nc2ccccc2CC(=O)N(C)C)on1. The minimum absolute atomic E-state index is 0.0301. The van der Waals surface area contributed by atoms with Crippen LogP contribution in [0.3, 0.4) is 0 Å². The van der Waals surface area contributed by atoms with E-state index in [1.165, 1.54) is 4.90 Å². The highest BCUT2D eigenvalue weighted by atomic mass is 16.5. The molecule has 7 nitrogen and oxygen atoms in total. The third-order valence-electron chi connectivity index (χ3n) is 3.70. The third-order valence-corrected chi connectivity index (χ3v) is 3.70. The summed E-state index contributed by atoms with van der Waals surface area (Å²) < 4.78 is 5.19. The summed E-state index contributed by atoms with van der Waals surface area (Å²) in [5.74, 6) is 0.833. The van der Waals surface area contributed by atoms with E-state index in [0.29, 0.717) is 11.4 Å². The molecule has 0 atom stereocenters. The van der Waals surface area contributed by atoms with E-state index in [-0.39, 0.29) is 30.8 Å². The van der Waals surface area contributed by atoms with Gasteiger partial charge in [0.1, 0.15) is 0 Å². The predicted octanol–water partition coefficient (Wildman–Crippen LogP) is 2.75. The zero-order valence-corrected chi connectivity index (χ0v) is 15.0. The summed E-state index contributed by atoms with van der Waals surface area (Å²) in [4.78, 5) is 25.5. The maximum atomic E-state index is 12.1. The van der Waals surface area contributed by atoms with Crippen molar-refractivity contribution in [1.82, 2.24) is 15.4 Å². The van der Waals surface area contributed by atoms with Gasteiger partial charge in [0.2, 0.25) is 5.91 Å². The number of para-hydroxylation sites is 1. The number of benzene rings is 1. The van der Waals surface area contributed by atoms with Crippen molar-refractivity contribution < 1.29 is 14.1 Å². The van der Waals surface area contributed by atoms with E-state index in [9.17, 15) is 9.59 Å². The normalized spacial score (nSPS) is 10.6. The van der Waals surface area contributed by atoms with Crippen molar-refractivity contribution in [3.05, 3.63) is 47.3 Å². The molecule has 3 amide bonds. The monoisotopic (exact) mass is 344 g/mol. The highest BCUT2D eigenvalue weighted by molar-refractivity contribution is 5.91. The second kappa shape index (κ2) is 8.32. The zero-order valence-electron chi connectivity index (χ0n) is 15.0. The summed E-state index contributed by atoms with van der Waals surface area (Å²) in [5, 5.41) is 9.45. The standard InChI is InChI=1S/C18H24N4O3/c1-12(2)16-10-14(25-21-16)11-19-18(24)20-15-8-6-5-7-13(15)9-17(23)22(3)4/h5-8,10,12H,9,11H2,1-4H3,(H2,19,20,24). The van der Waals surface area contributed by atoms with Gasteiger partial charge in [0.15, 0.2) is 5.76 Å². The quantitative estimate of drug-likeness (QED) is 0.843. The van der Waals surface area contributed by atoms with Crippen molar-refractivity contribution in [3.63, 3.8) is 0 Å². The number of carbonyl (C=O) groups excluding carboxylic acids is 2. The van der Waals surface area contributed by atoms with Gasteiger partial charge in [0.05, 0.1) is 18.7 Å². The Morgan fingerprint density at radius 3 is 2.60 bits per heavy atom. The first kappa shape index (κ1) is 18.5. The molecule has 1 aromatic carbocycles. The second-order valence-corrected chi connectivity index (χ2v) is 6.30. The van der Waals surface area contributed by atoms with Gasteiger partial charge in [-0.2, -0.15) is 0 Å². The first-order chi connectivity index (χ1) is 11.9. The molecule has 0 aliphatic carbocycles. The molecule has 0 fully saturated rings. The molecule has 1 heterocycles. The Morgan fingerprint density at radius 1 is 1.24 bits per heavy atom. The van der Waals surface area contributed by atoms with E-state index in [4.69, 9.17) is 4.52 Å². The maximum absolute atomic E-state index is 12.1. The minimum Gasteiger partial charge on any atom is -0.359 e. The van der Waals surface area contributed by atoms with Crippen LogP contribution in [0.2, 0.25) is 0 Å². The summed E-state index contributed by atoms with van der Waals surface area (Å²) in [6.07, 6.45) is 0.226. The number of carbonyl (C=O) groups is 2. The Labute approximate surface area is 147 Å². The van der Waals surface area contributed by atoms with Crippen LogP contribution in [0.25, 0.3) is 0 Å². The van der Waals surface area contributed by atoms with E-state index in [1.807, 2.05) is 38.1 Å². The molecule has 2 rings (SSSR count). The van der Waals surface area contributed by atoms with Crippen molar-refractivity contribution in [2.24, 2.45) is 0 Å². The van der Waals surface area contributed by atoms with E-state index in [2.05, 4.69) is 15.8 Å². The van der Waals surface area contributed by atoms with Crippen LogP contribution in [-0.2, 0) is 17.8 Å². The highest BCUT2D eigenvalue weighted by Gasteiger charge is 2.12. The van der Waals surface area contributed by atoms with E-state index in [1.54, 1.807) is 20.2 Å². The zero-order chi connectivity index (χ0) is 18.4. The second-order valence-electron chi connectivity index (χ2n) is 6.30. The molecule has 25 heavy (non-hydrogen) atoms. The molecule has 0 spiro atoms. The van der Waals surface area contributed by atoms with E-state index < -0.39 is 0 Å². The van der Waals surface area contributed by atoms with Crippen LogP contribution in [0.4, 0.5) is 10.5 Å². The van der Waals surface area contributed by atoms with Crippen LogP contribution in [0.15, 0.2) is 34.9 Å². The summed E-state index contributed by atoms with van der Waals surface area (Å²) in [6, 6.07) is 8.70. The molecule has 134 valence electrons. The van der Waals surface area contributed by atoms with Gasteiger partial charge in [0, 0.05) is 25.8 Å². The van der Waals surface area contributed by atoms with Crippen molar-refractivity contribution in [1.29, 1.82) is 0 Å². The fourth-order valence-electron chi connectivity index (χ4n) is 2.14.